The van der Waals surface area contributed by atoms with Crippen molar-refractivity contribution in [2.24, 2.45) is 0 Å². The number of anilines is 1. The molecule has 2 aromatic rings. The van der Waals surface area contributed by atoms with Crippen molar-refractivity contribution in [2.75, 3.05) is 11.4 Å². The van der Waals surface area contributed by atoms with E-state index in [-0.39, 0.29) is 23.8 Å². The number of hydrogen-bond acceptors (Lipinski definition) is 7. The fraction of sp³-hybridized carbons (Fsp3) is 0.500. The summed E-state index contributed by atoms with van der Waals surface area (Å²) in [6.07, 6.45) is 7.34. The maximum Gasteiger partial charge on any atom is 0.292 e. The summed E-state index contributed by atoms with van der Waals surface area (Å²) in [5, 5.41) is 6.66. The van der Waals surface area contributed by atoms with Crippen molar-refractivity contribution < 1.29 is 9.32 Å². The maximum atomic E-state index is 11.9. The molecule has 1 aliphatic heterocycles. The van der Waals surface area contributed by atoms with Gasteiger partial charge in [0.1, 0.15) is 6.04 Å². The van der Waals surface area contributed by atoms with E-state index < -0.39 is 0 Å². The number of carbonyl (C=O) groups is 1. The van der Waals surface area contributed by atoms with E-state index in [1.54, 1.807) is 18.5 Å². The van der Waals surface area contributed by atoms with Crippen molar-refractivity contribution in [2.45, 2.75) is 37.8 Å². The van der Waals surface area contributed by atoms with Gasteiger partial charge in [-0.25, -0.2) is 9.97 Å². The van der Waals surface area contributed by atoms with Gasteiger partial charge in [0.25, 0.3) is 11.7 Å². The second-order valence-electron chi connectivity index (χ2n) is 5.60. The number of nitrogens with zero attached hydrogens (tertiary/aromatic N) is 5. The van der Waals surface area contributed by atoms with Crippen molar-refractivity contribution in [3.8, 4) is 0 Å². The molecule has 1 atom stereocenters. The molecule has 3 heterocycles. The molecule has 1 amide bonds. The second kappa shape index (κ2) is 5.36. The van der Waals surface area contributed by atoms with Crippen LogP contribution in [0, 0.1) is 0 Å². The van der Waals surface area contributed by atoms with Crippen LogP contribution in [-0.2, 0) is 0 Å². The number of rotatable bonds is 4. The molecular weight excluding hydrogens is 284 g/mol. The Kier molecular flexibility index (Phi) is 3.21. The highest BCUT2D eigenvalue weighted by Gasteiger charge is 2.33. The zero-order valence-corrected chi connectivity index (χ0v) is 12.0. The topological polar surface area (TPSA) is 97.0 Å². The van der Waals surface area contributed by atoms with E-state index in [9.17, 15) is 4.79 Å². The Morgan fingerprint density at radius 2 is 2.09 bits per heavy atom. The first-order valence-corrected chi connectivity index (χ1v) is 7.49. The zero-order chi connectivity index (χ0) is 14.9. The summed E-state index contributed by atoms with van der Waals surface area (Å²) in [6.45, 7) is 0.834. The van der Waals surface area contributed by atoms with Crippen LogP contribution in [0.5, 0.6) is 0 Å². The van der Waals surface area contributed by atoms with Gasteiger partial charge in [-0.15, -0.1) is 0 Å². The highest BCUT2D eigenvalue weighted by molar-refractivity contribution is 5.90. The predicted molar refractivity (Wildman–Crippen MR) is 76.1 cm³/mol. The summed E-state index contributed by atoms with van der Waals surface area (Å²) in [5.74, 6) is 0.929. The summed E-state index contributed by atoms with van der Waals surface area (Å²) in [5.41, 5.74) is 0. The third kappa shape index (κ3) is 2.51. The third-order valence-corrected chi connectivity index (χ3v) is 3.90. The van der Waals surface area contributed by atoms with Crippen molar-refractivity contribution in [3.63, 3.8) is 0 Å². The molecule has 8 nitrogen and oxygen atoms in total. The highest BCUT2D eigenvalue weighted by Crippen LogP contribution is 2.33. The molecule has 22 heavy (non-hydrogen) atoms. The van der Waals surface area contributed by atoms with E-state index >= 15 is 0 Å². The largest absolute Gasteiger partial charge is 0.346 e. The first-order valence-electron chi connectivity index (χ1n) is 7.49. The average molecular weight is 300 g/mol. The van der Waals surface area contributed by atoms with E-state index in [1.165, 1.54) is 0 Å². The molecule has 0 spiro atoms. The standard InChI is InChI=1S/C14H16N6O2/c21-12(17-9-4-5-9)11-18-13(22-19-11)10-3-1-8-20(10)14-15-6-2-7-16-14/h2,6-7,9-10H,1,3-5,8H2,(H,17,21)/t10-/m1/s1. The number of carbonyl (C=O) groups excluding carboxylic acids is 1. The van der Waals surface area contributed by atoms with Crippen LogP contribution in [0.3, 0.4) is 0 Å². The van der Waals surface area contributed by atoms with Crippen LogP contribution in [0.25, 0.3) is 0 Å². The molecule has 4 rings (SSSR count). The van der Waals surface area contributed by atoms with Gasteiger partial charge in [-0.05, 0) is 31.7 Å². The van der Waals surface area contributed by atoms with Gasteiger partial charge in [-0.3, -0.25) is 4.79 Å². The molecule has 0 aromatic carbocycles. The molecule has 1 saturated heterocycles. The van der Waals surface area contributed by atoms with Crippen LogP contribution in [-0.4, -0.2) is 38.6 Å². The molecule has 0 bridgehead atoms. The molecule has 2 fully saturated rings. The zero-order valence-electron chi connectivity index (χ0n) is 12.0. The average Bonchev–Trinajstić information content (AvgIpc) is 3.06. The van der Waals surface area contributed by atoms with E-state index in [4.69, 9.17) is 4.52 Å². The van der Waals surface area contributed by atoms with Gasteiger partial charge in [0, 0.05) is 25.0 Å². The molecule has 1 saturated carbocycles. The second-order valence-corrected chi connectivity index (χ2v) is 5.60. The molecule has 0 unspecified atom stereocenters. The van der Waals surface area contributed by atoms with Crippen LogP contribution >= 0.6 is 0 Å². The predicted octanol–water partition coefficient (Wildman–Crippen LogP) is 1.09. The monoisotopic (exact) mass is 300 g/mol. The van der Waals surface area contributed by atoms with Gasteiger partial charge in [-0.1, -0.05) is 5.16 Å². The van der Waals surface area contributed by atoms with Crippen LogP contribution < -0.4 is 10.2 Å². The molecule has 8 heteroatoms. The molecule has 1 aliphatic carbocycles. The molecule has 2 aromatic heterocycles. The fourth-order valence-electron chi connectivity index (χ4n) is 2.64. The summed E-state index contributed by atoms with van der Waals surface area (Å²) < 4.78 is 5.30. The van der Waals surface area contributed by atoms with Crippen LogP contribution in [0.2, 0.25) is 0 Å². The van der Waals surface area contributed by atoms with Gasteiger partial charge >= 0.3 is 0 Å². The number of nitrogens with one attached hydrogen (secondary N) is 1. The smallest absolute Gasteiger partial charge is 0.292 e. The summed E-state index contributed by atoms with van der Waals surface area (Å²) in [6, 6.07) is 1.98. The Hall–Kier alpha value is -2.51. The van der Waals surface area contributed by atoms with Crippen LogP contribution in [0.4, 0.5) is 5.95 Å². The third-order valence-electron chi connectivity index (χ3n) is 3.90. The van der Waals surface area contributed by atoms with Crippen molar-refractivity contribution in [1.82, 2.24) is 25.4 Å². The van der Waals surface area contributed by atoms with Gasteiger partial charge in [0.05, 0.1) is 0 Å². The minimum Gasteiger partial charge on any atom is -0.346 e. The van der Waals surface area contributed by atoms with Crippen LogP contribution in [0.15, 0.2) is 23.0 Å². The SMILES string of the molecule is O=C(NC1CC1)c1noc([C@H]2CCCN2c2ncccn2)n1. The normalized spacial score (nSPS) is 21.1. The Labute approximate surface area is 126 Å². The molecular formula is C14H16N6O2. The number of amides is 1. The van der Waals surface area contributed by atoms with Crippen LogP contribution in [0.1, 0.15) is 48.2 Å². The number of hydrogen-bond donors (Lipinski definition) is 1. The molecule has 114 valence electrons. The van der Waals surface area contributed by atoms with Gasteiger partial charge < -0.3 is 14.7 Å². The first-order chi connectivity index (χ1) is 10.8. The van der Waals surface area contributed by atoms with E-state index in [0.717, 1.165) is 32.2 Å². The lowest BCUT2D eigenvalue weighted by Gasteiger charge is -2.21. The minimum absolute atomic E-state index is 0.0719. The quantitative estimate of drug-likeness (QED) is 0.902. The lowest BCUT2D eigenvalue weighted by atomic mass is 10.2. The van der Waals surface area contributed by atoms with E-state index in [1.807, 2.05) is 4.90 Å². The Bertz CT molecular complexity index is 669. The first kappa shape index (κ1) is 13.2. The Morgan fingerprint density at radius 1 is 1.27 bits per heavy atom. The summed E-state index contributed by atoms with van der Waals surface area (Å²) in [4.78, 5) is 26.8. The minimum atomic E-state index is -0.266. The van der Waals surface area contributed by atoms with Gasteiger partial charge in [0.15, 0.2) is 0 Å². The van der Waals surface area contributed by atoms with E-state index in [0.29, 0.717) is 11.8 Å². The Balaban J connectivity index is 1.53. The van der Waals surface area contributed by atoms with Crippen molar-refractivity contribution in [3.05, 3.63) is 30.2 Å². The lowest BCUT2D eigenvalue weighted by Crippen LogP contribution is -2.27. The van der Waals surface area contributed by atoms with Crippen molar-refractivity contribution in [1.29, 1.82) is 0 Å². The maximum absolute atomic E-state index is 11.9. The Morgan fingerprint density at radius 3 is 2.86 bits per heavy atom. The fourth-order valence-corrected chi connectivity index (χ4v) is 2.64. The summed E-state index contributed by atoms with van der Waals surface area (Å²) in [7, 11) is 0. The highest BCUT2D eigenvalue weighted by atomic mass is 16.5. The number of aromatic nitrogens is 4. The van der Waals surface area contributed by atoms with E-state index in [2.05, 4.69) is 25.4 Å². The van der Waals surface area contributed by atoms with Gasteiger partial charge in [-0.2, -0.15) is 4.98 Å². The lowest BCUT2D eigenvalue weighted by molar-refractivity contribution is 0.0937. The van der Waals surface area contributed by atoms with Gasteiger partial charge in [0.2, 0.25) is 11.8 Å². The van der Waals surface area contributed by atoms with Crippen molar-refractivity contribution >= 4 is 11.9 Å². The summed E-state index contributed by atoms with van der Waals surface area (Å²) >= 11 is 0. The molecule has 1 N–H and O–H groups in total. The molecule has 2 aliphatic rings. The molecule has 0 radical (unpaired) electrons.